The number of hydrogen-bond acceptors (Lipinski definition) is 4. The first-order valence-electron chi connectivity index (χ1n) is 6.82. The minimum atomic E-state index is -0.189. The summed E-state index contributed by atoms with van der Waals surface area (Å²) in [6, 6.07) is 14.4. The van der Waals surface area contributed by atoms with E-state index in [-0.39, 0.29) is 17.1 Å². The minimum Gasteiger partial charge on any atom is -0.504 e. The monoisotopic (exact) mass is 286 g/mol. The number of para-hydroxylation sites is 2. The summed E-state index contributed by atoms with van der Waals surface area (Å²) in [5, 5.41) is 9.92. The predicted molar refractivity (Wildman–Crippen MR) is 80.2 cm³/mol. The Labute approximate surface area is 123 Å². The summed E-state index contributed by atoms with van der Waals surface area (Å²) < 4.78 is 11.0. The van der Waals surface area contributed by atoms with Crippen molar-refractivity contribution < 1.29 is 19.4 Å². The smallest absolute Gasteiger partial charge is 0.168 e. The molecular formula is C17H18O4. The number of phenols is 1. The highest BCUT2D eigenvalue weighted by Gasteiger charge is 2.11. The lowest BCUT2D eigenvalue weighted by Gasteiger charge is -2.10. The molecule has 2 aromatic carbocycles. The van der Waals surface area contributed by atoms with Gasteiger partial charge in [0.1, 0.15) is 5.75 Å². The molecule has 2 rings (SSSR count). The van der Waals surface area contributed by atoms with Gasteiger partial charge in [-0.25, -0.2) is 0 Å². The highest BCUT2D eigenvalue weighted by Crippen LogP contribution is 2.30. The number of hydrogen-bond donors (Lipinski definition) is 1. The third-order valence-electron chi connectivity index (χ3n) is 2.94. The fourth-order valence-electron chi connectivity index (χ4n) is 1.87. The van der Waals surface area contributed by atoms with Gasteiger partial charge in [-0.1, -0.05) is 24.3 Å². The number of carbonyl (C=O) groups excluding carboxylic acids is 1. The van der Waals surface area contributed by atoms with Gasteiger partial charge in [-0.2, -0.15) is 0 Å². The lowest BCUT2D eigenvalue weighted by Crippen LogP contribution is -2.05. The molecule has 0 saturated heterocycles. The molecule has 2 aromatic rings. The molecule has 0 fully saturated rings. The third-order valence-corrected chi connectivity index (χ3v) is 2.94. The minimum absolute atomic E-state index is 0.103. The normalized spacial score (nSPS) is 10.1. The second-order valence-electron chi connectivity index (χ2n) is 4.57. The lowest BCUT2D eigenvalue weighted by atomic mass is 10.1. The van der Waals surface area contributed by atoms with E-state index in [0.29, 0.717) is 25.4 Å². The molecule has 0 spiro atoms. The van der Waals surface area contributed by atoms with E-state index in [1.165, 1.54) is 6.92 Å². The van der Waals surface area contributed by atoms with Crippen molar-refractivity contribution in [2.24, 2.45) is 0 Å². The molecule has 0 aromatic heterocycles. The zero-order valence-electron chi connectivity index (χ0n) is 11.9. The Morgan fingerprint density at radius 3 is 2.43 bits per heavy atom. The largest absolute Gasteiger partial charge is 0.504 e. The SMILES string of the molecule is CC(=O)c1cccc(OCCCOc2ccccc2)c1O. The van der Waals surface area contributed by atoms with Gasteiger partial charge in [0.25, 0.3) is 0 Å². The van der Waals surface area contributed by atoms with Gasteiger partial charge >= 0.3 is 0 Å². The number of ketones is 1. The van der Waals surface area contributed by atoms with Crippen molar-refractivity contribution in [1.29, 1.82) is 0 Å². The number of phenolic OH excluding ortho intramolecular Hbond substituents is 1. The van der Waals surface area contributed by atoms with Gasteiger partial charge in [-0.05, 0) is 31.2 Å². The Hall–Kier alpha value is -2.49. The summed E-state index contributed by atoms with van der Waals surface area (Å²) in [4.78, 5) is 11.3. The topological polar surface area (TPSA) is 55.8 Å². The van der Waals surface area contributed by atoms with Gasteiger partial charge in [0, 0.05) is 6.42 Å². The molecule has 0 amide bonds. The standard InChI is InChI=1S/C17H18O4/c1-13(18)15-9-5-10-16(17(15)19)21-12-6-11-20-14-7-3-2-4-8-14/h2-5,7-10,19H,6,11-12H2,1H3. The van der Waals surface area contributed by atoms with Crippen LogP contribution in [0, 0.1) is 0 Å². The molecule has 4 nitrogen and oxygen atoms in total. The lowest BCUT2D eigenvalue weighted by molar-refractivity contribution is 0.101. The number of rotatable bonds is 7. The Kier molecular flexibility index (Phi) is 5.21. The maximum absolute atomic E-state index is 11.3. The van der Waals surface area contributed by atoms with Crippen LogP contribution in [0.2, 0.25) is 0 Å². The average molecular weight is 286 g/mol. The van der Waals surface area contributed by atoms with Gasteiger partial charge in [-0.3, -0.25) is 4.79 Å². The molecule has 0 unspecified atom stereocenters. The van der Waals surface area contributed by atoms with E-state index in [0.717, 1.165) is 5.75 Å². The van der Waals surface area contributed by atoms with Crippen molar-refractivity contribution in [3.8, 4) is 17.2 Å². The summed E-state index contributed by atoms with van der Waals surface area (Å²) in [6.45, 7) is 2.34. The molecule has 0 aliphatic rings. The van der Waals surface area contributed by atoms with Crippen molar-refractivity contribution >= 4 is 5.78 Å². The molecule has 0 bridgehead atoms. The number of ether oxygens (including phenoxy) is 2. The first kappa shape index (κ1) is 14.9. The third kappa shape index (κ3) is 4.24. The van der Waals surface area contributed by atoms with Crippen molar-refractivity contribution in [1.82, 2.24) is 0 Å². The summed E-state index contributed by atoms with van der Waals surface area (Å²) in [7, 11) is 0. The molecule has 0 heterocycles. The van der Waals surface area contributed by atoms with Gasteiger partial charge in [0.2, 0.25) is 0 Å². The fraction of sp³-hybridized carbons (Fsp3) is 0.235. The quantitative estimate of drug-likeness (QED) is 0.625. The Morgan fingerprint density at radius 1 is 1.00 bits per heavy atom. The van der Waals surface area contributed by atoms with Crippen molar-refractivity contribution in [3.05, 3.63) is 54.1 Å². The molecule has 0 radical (unpaired) electrons. The molecule has 0 atom stereocenters. The van der Waals surface area contributed by atoms with E-state index < -0.39 is 0 Å². The Morgan fingerprint density at radius 2 is 1.71 bits per heavy atom. The first-order chi connectivity index (χ1) is 10.2. The Bertz CT molecular complexity index is 593. The van der Waals surface area contributed by atoms with Gasteiger partial charge < -0.3 is 14.6 Å². The van der Waals surface area contributed by atoms with Crippen LogP contribution in [-0.4, -0.2) is 24.1 Å². The number of Topliss-reactive ketones (excluding diaryl/α,β-unsaturated/α-hetero) is 1. The average Bonchev–Trinajstić information content (AvgIpc) is 2.49. The second-order valence-corrected chi connectivity index (χ2v) is 4.57. The van der Waals surface area contributed by atoms with E-state index in [4.69, 9.17) is 9.47 Å². The molecule has 21 heavy (non-hydrogen) atoms. The zero-order valence-corrected chi connectivity index (χ0v) is 11.9. The van der Waals surface area contributed by atoms with Crippen molar-refractivity contribution in [3.63, 3.8) is 0 Å². The molecule has 4 heteroatoms. The molecule has 110 valence electrons. The van der Waals surface area contributed by atoms with E-state index in [1.54, 1.807) is 18.2 Å². The summed E-state index contributed by atoms with van der Waals surface area (Å²) >= 11 is 0. The van der Waals surface area contributed by atoms with Crippen LogP contribution in [0.25, 0.3) is 0 Å². The molecular weight excluding hydrogens is 268 g/mol. The maximum atomic E-state index is 11.3. The molecule has 0 saturated carbocycles. The van der Waals surface area contributed by atoms with Crippen LogP contribution < -0.4 is 9.47 Å². The Balaban J connectivity index is 1.79. The van der Waals surface area contributed by atoms with Crippen LogP contribution in [0.3, 0.4) is 0 Å². The number of benzene rings is 2. The highest BCUT2D eigenvalue weighted by atomic mass is 16.5. The van der Waals surface area contributed by atoms with Crippen LogP contribution in [0.15, 0.2) is 48.5 Å². The molecule has 0 aliphatic heterocycles. The van der Waals surface area contributed by atoms with Crippen LogP contribution in [0.5, 0.6) is 17.2 Å². The van der Waals surface area contributed by atoms with Gasteiger partial charge in [-0.15, -0.1) is 0 Å². The van der Waals surface area contributed by atoms with E-state index >= 15 is 0 Å². The zero-order chi connectivity index (χ0) is 15.1. The molecule has 1 N–H and O–H groups in total. The number of aromatic hydroxyl groups is 1. The fourth-order valence-corrected chi connectivity index (χ4v) is 1.87. The second kappa shape index (κ2) is 7.33. The maximum Gasteiger partial charge on any atom is 0.168 e. The van der Waals surface area contributed by atoms with Gasteiger partial charge in [0.15, 0.2) is 17.3 Å². The van der Waals surface area contributed by atoms with Crippen molar-refractivity contribution in [2.75, 3.05) is 13.2 Å². The van der Waals surface area contributed by atoms with E-state index in [9.17, 15) is 9.90 Å². The van der Waals surface area contributed by atoms with Crippen LogP contribution in [0.4, 0.5) is 0 Å². The highest BCUT2D eigenvalue weighted by molar-refractivity contribution is 5.97. The predicted octanol–water partition coefficient (Wildman–Crippen LogP) is 3.44. The molecule has 0 aliphatic carbocycles. The van der Waals surface area contributed by atoms with E-state index in [2.05, 4.69) is 0 Å². The summed E-state index contributed by atoms with van der Waals surface area (Å²) in [5.41, 5.74) is 0.271. The summed E-state index contributed by atoms with van der Waals surface area (Å²) in [6.07, 6.45) is 0.679. The van der Waals surface area contributed by atoms with E-state index in [1.807, 2.05) is 30.3 Å². The van der Waals surface area contributed by atoms with Crippen LogP contribution >= 0.6 is 0 Å². The number of carbonyl (C=O) groups is 1. The summed E-state index contributed by atoms with van der Waals surface area (Å²) in [5.74, 6) is 0.848. The van der Waals surface area contributed by atoms with Crippen LogP contribution in [0.1, 0.15) is 23.7 Å². The first-order valence-corrected chi connectivity index (χ1v) is 6.82. The van der Waals surface area contributed by atoms with Gasteiger partial charge in [0.05, 0.1) is 18.8 Å². The van der Waals surface area contributed by atoms with Crippen LogP contribution in [-0.2, 0) is 0 Å². The van der Waals surface area contributed by atoms with Crippen molar-refractivity contribution in [2.45, 2.75) is 13.3 Å².